The molecule has 0 bridgehead atoms. The molecule has 2 aliphatic rings. The number of hydrogen-bond donors (Lipinski definition) is 0. The highest BCUT2D eigenvalue weighted by Crippen LogP contribution is 2.44. The number of hydrogen-bond acceptors (Lipinski definition) is 5. The van der Waals surface area contributed by atoms with Crippen LogP contribution in [0.3, 0.4) is 0 Å². The van der Waals surface area contributed by atoms with E-state index < -0.39 is 36.6 Å². The Morgan fingerprint density at radius 1 is 0.946 bits per heavy atom. The molecule has 0 radical (unpaired) electrons. The fourth-order valence-corrected chi connectivity index (χ4v) is 4.92. The van der Waals surface area contributed by atoms with E-state index in [0.717, 1.165) is 17.2 Å². The van der Waals surface area contributed by atoms with E-state index in [1.54, 1.807) is 42.5 Å². The van der Waals surface area contributed by atoms with Gasteiger partial charge in [-0.25, -0.2) is 4.79 Å². The summed E-state index contributed by atoms with van der Waals surface area (Å²) >= 11 is 0. The van der Waals surface area contributed by atoms with Crippen LogP contribution in [0.25, 0.3) is 11.1 Å². The average molecular weight is 505 g/mol. The highest BCUT2D eigenvalue weighted by Gasteiger charge is 2.51. The highest BCUT2D eigenvalue weighted by molar-refractivity contribution is 5.90. The molecule has 1 aliphatic heterocycles. The fraction of sp³-hybridized carbons (Fsp3) is 0.267. The summed E-state index contributed by atoms with van der Waals surface area (Å²) in [5, 5.41) is 0. The largest absolute Gasteiger partial charge is 0.487 e. The molecular formula is C30H26F2O5. The Morgan fingerprint density at radius 3 is 2.30 bits per heavy atom. The van der Waals surface area contributed by atoms with Crippen molar-refractivity contribution in [3.05, 3.63) is 103 Å². The first-order valence-electron chi connectivity index (χ1n) is 12.2. The summed E-state index contributed by atoms with van der Waals surface area (Å²) in [6.07, 6.45) is 1.34. The molecule has 5 nitrogen and oxygen atoms in total. The second-order valence-corrected chi connectivity index (χ2v) is 9.32. The van der Waals surface area contributed by atoms with E-state index in [-0.39, 0.29) is 24.7 Å². The van der Waals surface area contributed by atoms with Gasteiger partial charge >= 0.3 is 11.9 Å². The number of alkyl halides is 2. The van der Waals surface area contributed by atoms with Crippen LogP contribution in [0.5, 0.6) is 5.75 Å². The van der Waals surface area contributed by atoms with E-state index >= 15 is 0 Å². The van der Waals surface area contributed by atoms with Gasteiger partial charge in [-0.2, -0.15) is 8.78 Å². The normalized spacial score (nSPS) is 23.0. The third-order valence-corrected chi connectivity index (χ3v) is 6.77. The minimum absolute atomic E-state index is 0.103. The van der Waals surface area contributed by atoms with Gasteiger partial charge in [-0.1, -0.05) is 66.7 Å². The number of fused-ring (bicyclic) bond motifs is 1. The van der Waals surface area contributed by atoms with Crippen LogP contribution >= 0.6 is 0 Å². The molecule has 3 aromatic rings. The minimum Gasteiger partial charge on any atom is -0.487 e. The Hall–Kier alpha value is -4.00. The van der Waals surface area contributed by atoms with Crippen LogP contribution in [-0.4, -0.2) is 36.7 Å². The van der Waals surface area contributed by atoms with Crippen LogP contribution in [0.1, 0.15) is 23.2 Å². The van der Waals surface area contributed by atoms with Crippen molar-refractivity contribution in [3.8, 4) is 16.9 Å². The number of halogens is 2. The molecule has 4 atom stereocenters. The quantitative estimate of drug-likeness (QED) is 0.274. The Kier molecular flexibility index (Phi) is 7.04. The summed E-state index contributed by atoms with van der Waals surface area (Å²) < 4.78 is 45.5. The van der Waals surface area contributed by atoms with E-state index in [1.165, 1.54) is 6.08 Å². The molecule has 5 rings (SSSR count). The van der Waals surface area contributed by atoms with Gasteiger partial charge in [0.05, 0.1) is 12.0 Å². The van der Waals surface area contributed by atoms with Crippen molar-refractivity contribution in [2.45, 2.75) is 31.0 Å². The summed E-state index contributed by atoms with van der Waals surface area (Å²) in [6, 6.07) is 25.2. The smallest absolute Gasteiger partial charge is 0.338 e. The summed E-state index contributed by atoms with van der Waals surface area (Å²) in [7, 11) is 0. The Balaban J connectivity index is 1.27. The first-order chi connectivity index (χ1) is 17.9. The lowest BCUT2D eigenvalue weighted by Gasteiger charge is -2.21. The Bertz CT molecular complexity index is 1260. The summed E-state index contributed by atoms with van der Waals surface area (Å²) in [5.74, 6) is -4.72. The van der Waals surface area contributed by atoms with E-state index in [2.05, 4.69) is 0 Å². The molecule has 1 saturated carbocycles. The van der Waals surface area contributed by atoms with Gasteiger partial charge in [-0.3, -0.25) is 4.79 Å². The summed E-state index contributed by atoms with van der Waals surface area (Å²) in [4.78, 5) is 24.8. The number of ether oxygens (including phenoxy) is 3. The molecular weight excluding hydrogens is 478 g/mol. The fourth-order valence-electron chi connectivity index (χ4n) is 4.92. The van der Waals surface area contributed by atoms with E-state index in [9.17, 15) is 18.4 Å². The second kappa shape index (κ2) is 10.5. The monoisotopic (exact) mass is 504 g/mol. The Labute approximate surface area is 213 Å². The number of benzene rings is 3. The van der Waals surface area contributed by atoms with Crippen LogP contribution in [0.4, 0.5) is 8.78 Å². The zero-order valence-corrected chi connectivity index (χ0v) is 20.0. The van der Waals surface area contributed by atoms with E-state index in [1.807, 2.05) is 42.5 Å². The van der Waals surface area contributed by atoms with Crippen molar-refractivity contribution in [3.63, 3.8) is 0 Å². The van der Waals surface area contributed by atoms with Gasteiger partial charge in [-0.15, -0.1) is 0 Å². The number of para-hydroxylation sites is 1. The minimum atomic E-state index is -3.25. The number of esters is 2. The van der Waals surface area contributed by atoms with Crippen molar-refractivity contribution < 1.29 is 32.6 Å². The lowest BCUT2D eigenvalue weighted by atomic mass is 9.91. The predicted molar refractivity (Wildman–Crippen MR) is 133 cm³/mol. The zero-order valence-electron chi connectivity index (χ0n) is 20.0. The lowest BCUT2D eigenvalue weighted by Crippen LogP contribution is -2.27. The topological polar surface area (TPSA) is 61.8 Å². The number of rotatable bonds is 8. The van der Waals surface area contributed by atoms with Crippen molar-refractivity contribution in [1.29, 1.82) is 0 Å². The number of carbonyl (C=O) groups excluding carboxylic acids is 2. The molecule has 0 unspecified atom stereocenters. The maximum atomic E-state index is 14.6. The van der Waals surface area contributed by atoms with Gasteiger partial charge in [0, 0.05) is 18.3 Å². The van der Waals surface area contributed by atoms with Gasteiger partial charge in [-0.05, 0) is 41.5 Å². The molecule has 2 fully saturated rings. The van der Waals surface area contributed by atoms with Crippen LogP contribution < -0.4 is 4.74 Å². The summed E-state index contributed by atoms with van der Waals surface area (Å²) in [5.41, 5.74) is 2.34. The molecule has 0 amide bonds. The van der Waals surface area contributed by atoms with Crippen LogP contribution in [-0.2, 0) is 14.3 Å². The molecule has 1 saturated heterocycles. The molecule has 0 N–H and O–H groups in total. The molecule has 37 heavy (non-hydrogen) atoms. The second-order valence-electron chi connectivity index (χ2n) is 9.32. The van der Waals surface area contributed by atoms with E-state index in [0.29, 0.717) is 11.3 Å². The molecule has 1 aliphatic carbocycles. The third-order valence-electron chi connectivity index (χ3n) is 6.77. The highest BCUT2D eigenvalue weighted by atomic mass is 19.3. The van der Waals surface area contributed by atoms with Gasteiger partial charge in [0.25, 0.3) is 5.92 Å². The molecule has 190 valence electrons. The summed E-state index contributed by atoms with van der Waals surface area (Å²) in [6.45, 7) is -0.831. The van der Waals surface area contributed by atoms with Gasteiger partial charge in [0.15, 0.2) is 6.61 Å². The van der Waals surface area contributed by atoms with Crippen molar-refractivity contribution in [2.75, 3.05) is 6.61 Å². The molecule has 7 heteroatoms. The van der Waals surface area contributed by atoms with Crippen LogP contribution in [0.2, 0.25) is 0 Å². The first kappa shape index (κ1) is 24.7. The predicted octanol–water partition coefficient (Wildman–Crippen LogP) is 6.10. The maximum absolute atomic E-state index is 14.6. The maximum Gasteiger partial charge on any atom is 0.338 e. The third kappa shape index (κ3) is 5.88. The zero-order chi connectivity index (χ0) is 25.8. The molecule has 1 heterocycles. The van der Waals surface area contributed by atoms with Crippen molar-refractivity contribution in [2.24, 2.45) is 11.8 Å². The lowest BCUT2D eigenvalue weighted by molar-refractivity contribution is -0.141. The van der Waals surface area contributed by atoms with Crippen LogP contribution in [0.15, 0.2) is 97.1 Å². The molecule has 0 spiro atoms. The standard InChI is InChI=1S/C30H26F2O5/c31-30(32,19-35-23-9-5-2-6-10-23)16-15-24-25-17-28(33)36-27(25)18-26(24)37-29(34)22-13-11-21(12-14-22)20-7-3-1-4-8-20/h1-16,24-27H,17-19H2/b16-15+/t24-,25-,26-,27+/m1/s1. The molecule has 0 aromatic heterocycles. The molecule has 3 aromatic carbocycles. The van der Waals surface area contributed by atoms with Gasteiger partial charge in [0.2, 0.25) is 0 Å². The first-order valence-corrected chi connectivity index (χ1v) is 12.2. The number of carbonyl (C=O) groups is 2. The Morgan fingerprint density at radius 2 is 1.59 bits per heavy atom. The van der Waals surface area contributed by atoms with Crippen molar-refractivity contribution in [1.82, 2.24) is 0 Å². The van der Waals surface area contributed by atoms with Crippen LogP contribution in [0, 0.1) is 11.8 Å². The SMILES string of the molecule is O=C1C[C@@H]2[C@@H](/C=C/C(F)(F)COc3ccccc3)[C@H](OC(=O)c3ccc(-c4ccccc4)cc3)C[C@@H]2O1. The van der Waals surface area contributed by atoms with Gasteiger partial charge in [0.1, 0.15) is 18.0 Å². The average Bonchev–Trinajstić information content (AvgIpc) is 3.42. The van der Waals surface area contributed by atoms with Crippen molar-refractivity contribution >= 4 is 11.9 Å². The van der Waals surface area contributed by atoms with Gasteiger partial charge < -0.3 is 14.2 Å². The van der Waals surface area contributed by atoms with E-state index in [4.69, 9.17) is 14.2 Å².